The zero-order chi connectivity index (χ0) is 19.2. The average molecular weight is 513 g/mol. The van der Waals surface area contributed by atoms with Gasteiger partial charge >= 0.3 is 6.61 Å². The summed E-state index contributed by atoms with van der Waals surface area (Å²) in [6.07, 6.45) is 2.53. The molecular formula is C18H26F2IN3O4. The molecule has 0 spiro atoms. The van der Waals surface area contributed by atoms with Gasteiger partial charge in [0.15, 0.2) is 17.5 Å². The number of fused-ring (bicyclic) bond motifs is 1. The number of ether oxygens (including phenoxy) is 3. The van der Waals surface area contributed by atoms with Gasteiger partial charge in [-0.3, -0.25) is 0 Å². The fourth-order valence-corrected chi connectivity index (χ4v) is 3.28. The van der Waals surface area contributed by atoms with E-state index in [0.717, 1.165) is 19.3 Å². The minimum Gasteiger partial charge on any atom is -0.454 e. The number of alkyl halides is 2. The lowest BCUT2D eigenvalue weighted by Gasteiger charge is -2.18. The average Bonchev–Trinajstić information content (AvgIpc) is 3.25. The maximum atomic E-state index is 12.7. The minimum atomic E-state index is -2.94. The van der Waals surface area contributed by atoms with E-state index in [-0.39, 0.29) is 55.1 Å². The summed E-state index contributed by atoms with van der Waals surface area (Å²) in [6, 6.07) is 3.00. The van der Waals surface area contributed by atoms with Crippen LogP contribution in [-0.4, -0.2) is 43.7 Å². The van der Waals surface area contributed by atoms with Crippen molar-refractivity contribution in [1.29, 1.82) is 0 Å². The van der Waals surface area contributed by atoms with E-state index >= 15 is 0 Å². The van der Waals surface area contributed by atoms with Gasteiger partial charge in [0.05, 0.1) is 12.6 Å². The van der Waals surface area contributed by atoms with Crippen LogP contribution in [0.4, 0.5) is 8.78 Å². The van der Waals surface area contributed by atoms with Gasteiger partial charge in [-0.05, 0) is 25.8 Å². The van der Waals surface area contributed by atoms with Crippen LogP contribution in [0.15, 0.2) is 17.1 Å². The molecule has 1 heterocycles. The highest BCUT2D eigenvalue weighted by Crippen LogP contribution is 2.39. The molecule has 1 saturated carbocycles. The highest BCUT2D eigenvalue weighted by Gasteiger charge is 2.25. The first-order chi connectivity index (χ1) is 13.1. The standard InChI is InChI=1S/C18H25F2N3O4.HI/c1-2-21-18(22-8-11-4-3-5-13(11)24)23-9-12-6-15-16(26-10-25-15)7-14(12)27-17(19)20;/h6-7,11,13,17,24H,2-5,8-10H2,1H3,(H2,21,22,23);1H. The van der Waals surface area contributed by atoms with Crippen molar-refractivity contribution < 1.29 is 28.1 Å². The lowest BCUT2D eigenvalue weighted by Crippen LogP contribution is -2.41. The third kappa shape index (κ3) is 5.97. The number of hydrogen-bond acceptors (Lipinski definition) is 5. The lowest BCUT2D eigenvalue weighted by atomic mass is 10.1. The number of halogens is 3. The number of nitrogens with zero attached hydrogens (tertiary/aromatic N) is 1. The van der Waals surface area contributed by atoms with Gasteiger partial charge in [-0.1, -0.05) is 6.42 Å². The van der Waals surface area contributed by atoms with Crippen LogP contribution in [-0.2, 0) is 6.54 Å². The summed E-state index contributed by atoms with van der Waals surface area (Å²) in [7, 11) is 0. The molecule has 2 atom stereocenters. The normalized spacial score (nSPS) is 20.8. The Bertz CT molecular complexity index is 678. The number of guanidine groups is 1. The maximum Gasteiger partial charge on any atom is 0.387 e. The molecular weight excluding hydrogens is 487 g/mol. The second kappa shape index (κ2) is 10.8. The quantitative estimate of drug-likeness (QED) is 0.296. The van der Waals surface area contributed by atoms with Crippen LogP contribution < -0.4 is 24.8 Å². The Labute approximate surface area is 179 Å². The van der Waals surface area contributed by atoms with Crippen molar-refractivity contribution >= 4 is 29.9 Å². The second-order valence-electron chi connectivity index (χ2n) is 6.53. The molecule has 0 radical (unpaired) electrons. The minimum absolute atomic E-state index is 0. The van der Waals surface area contributed by atoms with Crippen LogP contribution in [0.3, 0.4) is 0 Å². The van der Waals surface area contributed by atoms with E-state index in [1.165, 1.54) is 6.07 Å². The van der Waals surface area contributed by atoms with E-state index in [1.807, 2.05) is 6.92 Å². The topological polar surface area (TPSA) is 84.3 Å². The summed E-state index contributed by atoms with van der Waals surface area (Å²) in [4.78, 5) is 4.45. The van der Waals surface area contributed by atoms with E-state index in [1.54, 1.807) is 6.07 Å². The van der Waals surface area contributed by atoms with E-state index < -0.39 is 6.61 Å². The van der Waals surface area contributed by atoms with Gasteiger partial charge in [0, 0.05) is 30.6 Å². The van der Waals surface area contributed by atoms with Crippen LogP contribution in [0, 0.1) is 5.92 Å². The molecule has 0 bridgehead atoms. The first kappa shape index (κ1) is 22.7. The van der Waals surface area contributed by atoms with Crippen molar-refractivity contribution in [3.63, 3.8) is 0 Å². The monoisotopic (exact) mass is 513 g/mol. The number of aliphatic hydroxyl groups is 1. The molecule has 2 aliphatic rings. The first-order valence-corrected chi connectivity index (χ1v) is 9.14. The summed E-state index contributed by atoms with van der Waals surface area (Å²) in [5.41, 5.74) is 0.470. The van der Waals surface area contributed by atoms with E-state index in [0.29, 0.717) is 36.1 Å². The van der Waals surface area contributed by atoms with Gasteiger partial charge in [0.1, 0.15) is 5.75 Å². The Hall–Kier alpha value is -1.56. The third-order valence-electron chi connectivity index (χ3n) is 4.67. The molecule has 3 N–H and O–H groups in total. The van der Waals surface area contributed by atoms with Crippen LogP contribution in [0.25, 0.3) is 0 Å². The van der Waals surface area contributed by atoms with Gasteiger partial charge in [0.2, 0.25) is 6.79 Å². The van der Waals surface area contributed by atoms with Crippen molar-refractivity contribution in [2.75, 3.05) is 19.9 Å². The summed E-state index contributed by atoms with van der Waals surface area (Å²) < 4.78 is 40.6. The zero-order valence-corrected chi connectivity index (χ0v) is 18.0. The molecule has 1 aliphatic heterocycles. The molecule has 2 unspecified atom stereocenters. The van der Waals surface area contributed by atoms with E-state index in [2.05, 4.69) is 20.4 Å². The number of nitrogens with one attached hydrogen (secondary N) is 2. The molecule has 1 aliphatic carbocycles. The fourth-order valence-electron chi connectivity index (χ4n) is 3.28. The first-order valence-electron chi connectivity index (χ1n) is 9.14. The molecule has 7 nitrogen and oxygen atoms in total. The smallest absolute Gasteiger partial charge is 0.387 e. The van der Waals surface area contributed by atoms with Crippen molar-refractivity contribution in [3.05, 3.63) is 17.7 Å². The van der Waals surface area contributed by atoms with Gasteiger partial charge < -0.3 is 30.0 Å². The van der Waals surface area contributed by atoms with Gasteiger partial charge in [0.25, 0.3) is 0 Å². The summed E-state index contributed by atoms with van der Waals surface area (Å²) in [6.45, 7) is 0.428. The summed E-state index contributed by atoms with van der Waals surface area (Å²) in [5.74, 6) is 1.61. The summed E-state index contributed by atoms with van der Waals surface area (Å²) in [5, 5.41) is 16.3. The molecule has 1 aromatic carbocycles. The Balaban J connectivity index is 0.00000280. The lowest BCUT2D eigenvalue weighted by molar-refractivity contribution is -0.0505. The number of aliphatic hydroxyl groups excluding tert-OH is 1. The SMILES string of the molecule is CCNC(=NCc1cc2c(cc1OC(F)F)OCO2)NCC1CCCC1O.I. The van der Waals surface area contributed by atoms with Crippen LogP contribution in [0.5, 0.6) is 17.2 Å². The van der Waals surface area contributed by atoms with Gasteiger partial charge in [-0.2, -0.15) is 8.78 Å². The van der Waals surface area contributed by atoms with Gasteiger partial charge in [-0.25, -0.2) is 4.99 Å². The predicted octanol–water partition coefficient (Wildman–Crippen LogP) is 2.85. The molecule has 0 amide bonds. The van der Waals surface area contributed by atoms with Crippen LogP contribution in [0.1, 0.15) is 31.7 Å². The highest BCUT2D eigenvalue weighted by atomic mass is 127. The number of rotatable bonds is 7. The molecule has 3 rings (SSSR count). The second-order valence-corrected chi connectivity index (χ2v) is 6.53. The highest BCUT2D eigenvalue weighted by molar-refractivity contribution is 14.0. The third-order valence-corrected chi connectivity index (χ3v) is 4.67. The van der Waals surface area contributed by atoms with E-state index in [4.69, 9.17) is 9.47 Å². The van der Waals surface area contributed by atoms with Crippen molar-refractivity contribution in [2.24, 2.45) is 10.9 Å². The van der Waals surface area contributed by atoms with Crippen LogP contribution in [0.2, 0.25) is 0 Å². The Morgan fingerprint density at radius 2 is 2.04 bits per heavy atom. The van der Waals surface area contributed by atoms with Crippen molar-refractivity contribution in [3.8, 4) is 17.2 Å². The molecule has 28 heavy (non-hydrogen) atoms. The maximum absolute atomic E-state index is 12.7. The van der Waals surface area contributed by atoms with Crippen LogP contribution >= 0.6 is 24.0 Å². The molecule has 1 aromatic rings. The molecule has 0 aromatic heterocycles. The Morgan fingerprint density at radius 1 is 1.29 bits per heavy atom. The zero-order valence-electron chi connectivity index (χ0n) is 15.6. The molecule has 1 fully saturated rings. The Kier molecular flexibility index (Phi) is 8.80. The number of benzene rings is 1. The molecule has 158 valence electrons. The Morgan fingerprint density at radius 3 is 2.68 bits per heavy atom. The predicted molar refractivity (Wildman–Crippen MR) is 111 cm³/mol. The van der Waals surface area contributed by atoms with Gasteiger partial charge in [-0.15, -0.1) is 24.0 Å². The number of hydrogen-bond donors (Lipinski definition) is 3. The molecule has 10 heteroatoms. The van der Waals surface area contributed by atoms with Crippen molar-refractivity contribution in [1.82, 2.24) is 10.6 Å². The fraction of sp³-hybridized carbons (Fsp3) is 0.611. The number of aliphatic imine (C=N–C) groups is 1. The van der Waals surface area contributed by atoms with Crippen molar-refractivity contribution in [2.45, 2.75) is 45.4 Å². The summed E-state index contributed by atoms with van der Waals surface area (Å²) >= 11 is 0. The largest absolute Gasteiger partial charge is 0.454 e. The van der Waals surface area contributed by atoms with E-state index in [9.17, 15) is 13.9 Å². The molecule has 0 saturated heterocycles.